The van der Waals surface area contributed by atoms with Crippen LogP contribution in [-0.2, 0) is 9.53 Å². The Bertz CT molecular complexity index is 637. The highest BCUT2D eigenvalue weighted by atomic mass is 19.3. The van der Waals surface area contributed by atoms with E-state index in [0.717, 1.165) is 18.4 Å². The number of nitrogens with one attached hydrogen (secondary N) is 1. The number of halogens is 2. The molecule has 1 aliphatic heterocycles. The largest absolute Gasteiger partial charge is 0.453 e. The number of ether oxygens (including phenoxy) is 1. The van der Waals surface area contributed by atoms with E-state index in [4.69, 9.17) is 0 Å². The predicted octanol–water partition coefficient (Wildman–Crippen LogP) is 3.46. The van der Waals surface area contributed by atoms with Crippen LogP contribution in [0.3, 0.4) is 0 Å². The number of rotatable bonds is 4. The number of piperidine rings is 1. The topological polar surface area (TPSA) is 58.6 Å². The first-order valence-corrected chi connectivity index (χ1v) is 8.99. The maximum absolute atomic E-state index is 12.6. The molecule has 1 saturated carbocycles. The molecule has 26 heavy (non-hydrogen) atoms. The number of hydrogen-bond acceptors (Lipinski definition) is 3. The molecule has 5 nitrogen and oxygen atoms in total. The van der Waals surface area contributed by atoms with Gasteiger partial charge in [0.1, 0.15) is 0 Å². The maximum Gasteiger partial charge on any atom is 0.407 e. The summed E-state index contributed by atoms with van der Waals surface area (Å²) in [6.45, 7) is 1.37. The number of alkyl carbamates (subject to hydrolysis) is 1. The van der Waals surface area contributed by atoms with Crippen LogP contribution in [0.25, 0.3) is 0 Å². The van der Waals surface area contributed by atoms with Crippen LogP contribution in [0.15, 0.2) is 24.3 Å². The van der Waals surface area contributed by atoms with Gasteiger partial charge in [0.05, 0.1) is 7.11 Å². The van der Waals surface area contributed by atoms with Gasteiger partial charge < -0.3 is 15.0 Å². The summed E-state index contributed by atoms with van der Waals surface area (Å²) < 4.78 is 29.8. The molecule has 0 radical (unpaired) electrons. The second-order valence-electron chi connectivity index (χ2n) is 7.07. The molecule has 3 rings (SSSR count). The van der Waals surface area contributed by atoms with Crippen molar-refractivity contribution < 1.29 is 23.1 Å². The van der Waals surface area contributed by atoms with Gasteiger partial charge in [-0.3, -0.25) is 4.79 Å². The van der Waals surface area contributed by atoms with Gasteiger partial charge in [0.25, 0.3) is 6.43 Å². The average Bonchev–Trinajstić information content (AvgIpc) is 2.63. The van der Waals surface area contributed by atoms with Crippen molar-refractivity contribution in [1.82, 2.24) is 10.2 Å². The molecule has 7 heteroatoms. The summed E-state index contributed by atoms with van der Waals surface area (Å²) in [7, 11) is 1.32. The molecule has 1 N–H and O–H groups in total. The summed E-state index contributed by atoms with van der Waals surface area (Å²) >= 11 is 0. The highest BCUT2D eigenvalue weighted by molar-refractivity contribution is 5.80. The second-order valence-corrected chi connectivity index (χ2v) is 7.07. The number of hydrogen-bond donors (Lipinski definition) is 1. The smallest absolute Gasteiger partial charge is 0.407 e. The summed E-state index contributed by atoms with van der Waals surface area (Å²) in [5, 5.41) is 2.71. The highest BCUT2D eigenvalue weighted by Crippen LogP contribution is 2.33. The molecule has 0 aromatic heterocycles. The molecular weight excluding hydrogens is 342 g/mol. The van der Waals surface area contributed by atoms with Gasteiger partial charge in [-0.2, -0.15) is 0 Å². The van der Waals surface area contributed by atoms with Crippen molar-refractivity contribution in [3.63, 3.8) is 0 Å². The summed E-state index contributed by atoms with van der Waals surface area (Å²) in [4.78, 5) is 25.6. The zero-order valence-corrected chi connectivity index (χ0v) is 14.8. The summed E-state index contributed by atoms with van der Waals surface area (Å²) in [5.41, 5.74) is 1.11. The minimum atomic E-state index is -2.44. The van der Waals surface area contributed by atoms with Crippen molar-refractivity contribution in [2.24, 2.45) is 5.92 Å². The van der Waals surface area contributed by atoms with Crippen LogP contribution in [-0.4, -0.2) is 43.1 Å². The van der Waals surface area contributed by atoms with Gasteiger partial charge in [-0.25, -0.2) is 13.6 Å². The number of carbonyl (C=O) groups is 2. The molecule has 1 saturated heterocycles. The minimum absolute atomic E-state index is 0.0160. The van der Waals surface area contributed by atoms with Crippen LogP contribution >= 0.6 is 0 Å². The number of methoxy groups -OCH3 is 1. The number of nitrogens with zero attached hydrogens (tertiary/aromatic N) is 1. The quantitative estimate of drug-likeness (QED) is 0.888. The molecule has 2 fully saturated rings. The Morgan fingerprint density at radius 1 is 1.15 bits per heavy atom. The normalized spacial score (nSPS) is 23.5. The van der Waals surface area contributed by atoms with Crippen LogP contribution in [0.5, 0.6) is 0 Å². The number of carbonyl (C=O) groups excluding carboxylic acids is 2. The van der Waals surface area contributed by atoms with E-state index in [1.165, 1.54) is 19.2 Å². The van der Waals surface area contributed by atoms with Crippen molar-refractivity contribution >= 4 is 12.0 Å². The van der Waals surface area contributed by atoms with Gasteiger partial charge in [0.2, 0.25) is 5.91 Å². The fourth-order valence-electron chi connectivity index (χ4n) is 3.77. The number of alkyl halides is 2. The van der Waals surface area contributed by atoms with E-state index in [1.54, 1.807) is 12.1 Å². The zero-order valence-electron chi connectivity index (χ0n) is 14.8. The summed E-state index contributed by atoms with van der Waals surface area (Å²) in [6, 6.07) is 6.54. The van der Waals surface area contributed by atoms with Gasteiger partial charge in [0.15, 0.2) is 0 Å². The van der Waals surface area contributed by atoms with Crippen LogP contribution in [0.4, 0.5) is 13.6 Å². The fraction of sp³-hybridized carbons (Fsp3) is 0.579. The molecule has 2 amide bonds. The molecule has 1 heterocycles. The Morgan fingerprint density at radius 3 is 2.31 bits per heavy atom. The molecule has 0 unspecified atom stereocenters. The molecule has 1 aromatic rings. The van der Waals surface area contributed by atoms with Crippen LogP contribution in [0, 0.1) is 5.92 Å². The molecule has 0 bridgehead atoms. The molecule has 1 aliphatic carbocycles. The van der Waals surface area contributed by atoms with Gasteiger partial charge in [0, 0.05) is 30.6 Å². The van der Waals surface area contributed by atoms with E-state index < -0.39 is 12.5 Å². The predicted molar refractivity (Wildman–Crippen MR) is 92.0 cm³/mol. The van der Waals surface area contributed by atoms with Crippen molar-refractivity contribution in [2.45, 2.75) is 44.1 Å². The molecule has 0 spiro atoms. The van der Waals surface area contributed by atoms with E-state index in [0.29, 0.717) is 31.8 Å². The standard InChI is InChI=1S/C19H24F2N2O3/c1-26-19(25)22-16-10-15(11-16)18(24)23-8-6-13(7-9-23)12-2-4-14(5-3-12)17(20)21/h2-5,13,15-17H,6-11H2,1H3,(H,22,25). The van der Waals surface area contributed by atoms with Gasteiger partial charge >= 0.3 is 6.09 Å². The summed E-state index contributed by atoms with van der Waals surface area (Å²) in [5.74, 6) is 0.430. The van der Waals surface area contributed by atoms with E-state index in [9.17, 15) is 18.4 Å². The third-order valence-corrected chi connectivity index (χ3v) is 5.46. The number of likely N-dealkylation sites (tertiary alicyclic amines) is 1. The van der Waals surface area contributed by atoms with Crippen molar-refractivity contribution in [3.8, 4) is 0 Å². The Balaban J connectivity index is 1.45. The Morgan fingerprint density at radius 2 is 1.77 bits per heavy atom. The first-order valence-electron chi connectivity index (χ1n) is 8.99. The second kappa shape index (κ2) is 8.01. The third-order valence-electron chi connectivity index (χ3n) is 5.46. The molecule has 142 valence electrons. The van der Waals surface area contributed by atoms with Gasteiger partial charge in [-0.05, 0) is 37.2 Å². The Kier molecular flexibility index (Phi) is 5.74. The monoisotopic (exact) mass is 366 g/mol. The lowest BCUT2D eigenvalue weighted by molar-refractivity contribution is -0.140. The van der Waals surface area contributed by atoms with Crippen LogP contribution in [0.2, 0.25) is 0 Å². The SMILES string of the molecule is COC(=O)NC1CC(C(=O)N2CCC(c3ccc(C(F)F)cc3)CC2)C1. The Hall–Kier alpha value is -2.18. The number of amides is 2. The first-order chi connectivity index (χ1) is 12.5. The molecule has 1 aromatic carbocycles. The Labute approximate surface area is 151 Å². The lowest BCUT2D eigenvalue weighted by Gasteiger charge is -2.40. The molecule has 2 aliphatic rings. The van der Waals surface area contributed by atoms with Crippen molar-refractivity contribution in [1.29, 1.82) is 0 Å². The maximum atomic E-state index is 12.6. The minimum Gasteiger partial charge on any atom is -0.453 e. The van der Waals surface area contributed by atoms with E-state index in [2.05, 4.69) is 10.1 Å². The number of benzene rings is 1. The zero-order chi connectivity index (χ0) is 18.7. The molecular formula is C19H24F2N2O3. The van der Waals surface area contributed by atoms with E-state index >= 15 is 0 Å². The molecule has 0 atom stereocenters. The van der Waals surface area contributed by atoms with Crippen molar-refractivity contribution in [3.05, 3.63) is 35.4 Å². The van der Waals surface area contributed by atoms with Gasteiger partial charge in [-0.15, -0.1) is 0 Å². The first kappa shape index (κ1) is 18.6. The fourth-order valence-corrected chi connectivity index (χ4v) is 3.77. The van der Waals surface area contributed by atoms with Gasteiger partial charge in [-0.1, -0.05) is 24.3 Å². The summed E-state index contributed by atoms with van der Waals surface area (Å²) in [6.07, 6.45) is 0.0986. The highest BCUT2D eigenvalue weighted by Gasteiger charge is 2.38. The van der Waals surface area contributed by atoms with Crippen LogP contribution in [0.1, 0.15) is 49.2 Å². The average molecular weight is 366 g/mol. The van der Waals surface area contributed by atoms with E-state index in [-0.39, 0.29) is 23.4 Å². The third kappa shape index (κ3) is 4.14. The van der Waals surface area contributed by atoms with E-state index in [1.807, 2.05) is 4.90 Å². The lowest BCUT2D eigenvalue weighted by Crippen LogP contribution is -2.51. The lowest BCUT2D eigenvalue weighted by atomic mass is 9.78. The van der Waals surface area contributed by atoms with Crippen LogP contribution < -0.4 is 5.32 Å². The van der Waals surface area contributed by atoms with Crippen molar-refractivity contribution in [2.75, 3.05) is 20.2 Å².